The highest BCUT2D eigenvalue weighted by Crippen LogP contribution is 2.23. The molecule has 1 aromatic heterocycles. The molecular formula is C17H17N5OS. The molecule has 0 unspecified atom stereocenters. The minimum absolute atomic E-state index is 0.138. The first-order valence-corrected chi connectivity index (χ1v) is 7.72. The number of thiocarbonyl (C=S) groups is 1. The summed E-state index contributed by atoms with van der Waals surface area (Å²) in [6.45, 7) is 1.88. The fourth-order valence-electron chi connectivity index (χ4n) is 2.32. The number of nitrogens with two attached hydrogens (primary N) is 1. The van der Waals surface area contributed by atoms with E-state index in [0.717, 1.165) is 39.4 Å². The number of rotatable bonds is 4. The topological polar surface area (TPSA) is 88.3 Å². The zero-order chi connectivity index (χ0) is 17.1. The van der Waals surface area contributed by atoms with Gasteiger partial charge in [0.05, 0.1) is 23.9 Å². The van der Waals surface area contributed by atoms with E-state index in [9.17, 15) is 0 Å². The zero-order valence-corrected chi connectivity index (χ0v) is 14.1. The average Bonchev–Trinajstić information content (AvgIpc) is 3.02. The van der Waals surface area contributed by atoms with Crippen LogP contribution in [0.2, 0.25) is 0 Å². The molecule has 6 nitrogen and oxygen atoms in total. The Hall–Kier alpha value is -2.93. The van der Waals surface area contributed by atoms with E-state index in [0.29, 0.717) is 0 Å². The molecule has 0 aliphatic rings. The van der Waals surface area contributed by atoms with Crippen molar-refractivity contribution in [2.24, 2.45) is 10.8 Å². The molecule has 3 aromatic rings. The summed E-state index contributed by atoms with van der Waals surface area (Å²) in [6.07, 6.45) is 0. The zero-order valence-electron chi connectivity index (χ0n) is 13.3. The highest BCUT2D eigenvalue weighted by molar-refractivity contribution is 7.80. The fraction of sp³-hybridized carbons (Fsp3) is 0.118. The van der Waals surface area contributed by atoms with Gasteiger partial charge in [-0.05, 0) is 61.1 Å². The number of hydrogen-bond donors (Lipinski definition) is 3. The molecule has 0 saturated carbocycles. The number of aromatic nitrogens is 2. The minimum Gasteiger partial charge on any atom is -0.497 e. The summed E-state index contributed by atoms with van der Waals surface area (Å²) in [5, 5.41) is 4.27. The minimum atomic E-state index is 0.138. The number of hydrogen-bond acceptors (Lipinski definition) is 4. The Bertz CT molecular complexity index is 914. The van der Waals surface area contributed by atoms with Gasteiger partial charge in [0.2, 0.25) is 0 Å². The van der Waals surface area contributed by atoms with Crippen molar-refractivity contribution in [1.82, 2.24) is 15.4 Å². The molecule has 3 rings (SSSR count). The quantitative estimate of drug-likeness (QED) is 0.386. The molecular weight excluding hydrogens is 322 g/mol. The van der Waals surface area contributed by atoms with Gasteiger partial charge < -0.3 is 15.5 Å². The molecule has 0 fully saturated rings. The Kier molecular flexibility index (Phi) is 4.43. The van der Waals surface area contributed by atoms with Gasteiger partial charge in [-0.2, -0.15) is 5.10 Å². The molecule has 0 atom stereocenters. The van der Waals surface area contributed by atoms with Crippen LogP contribution in [0.3, 0.4) is 0 Å². The first-order chi connectivity index (χ1) is 11.6. The monoisotopic (exact) mass is 339 g/mol. The van der Waals surface area contributed by atoms with E-state index in [4.69, 9.17) is 22.7 Å². The van der Waals surface area contributed by atoms with Crippen LogP contribution in [0.15, 0.2) is 47.6 Å². The van der Waals surface area contributed by atoms with Crippen molar-refractivity contribution in [3.05, 3.63) is 48.0 Å². The van der Waals surface area contributed by atoms with Crippen LogP contribution in [0.1, 0.15) is 12.5 Å². The molecule has 0 spiro atoms. The number of nitrogens with zero attached hydrogens (tertiary/aromatic N) is 2. The van der Waals surface area contributed by atoms with E-state index < -0.39 is 0 Å². The number of imidazole rings is 1. The van der Waals surface area contributed by atoms with Gasteiger partial charge in [-0.1, -0.05) is 6.07 Å². The van der Waals surface area contributed by atoms with E-state index in [1.807, 2.05) is 49.4 Å². The second-order valence-corrected chi connectivity index (χ2v) is 5.66. The summed E-state index contributed by atoms with van der Waals surface area (Å²) in [5.74, 6) is 1.62. The molecule has 0 amide bonds. The van der Waals surface area contributed by atoms with Crippen molar-refractivity contribution < 1.29 is 4.74 Å². The van der Waals surface area contributed by atoms with Gasteiger partial charge in [0, 0.05) is 5.56 Å². The predicted octanol–water partition coefficient (Wildman–Crippen LogP) is 2.80. The van der Waals surface area contributed by atoms with E-state index in [-0.39, 0.29) is 5.11 Å². The maximum atomic E-state index is 5.39. The number of hydrazone groups is 1. The van der Waals surface area contributed by atoms with Gasteiger partial charge in [-0.25, -0.2) is 4.98 Å². The maximum Gasteiger partial charge on any atom is 0.184 e. The standard InChI is InChI=1S/C17H17N5OS/c1-10(21-22-17(18)24)12-5-8-14-15(9-12)20-16(19-14)11-3-6-13(23-2)7-4-11/h3-9H,1-2H3,(H,19,20)(H3,18,22,24)/b21-10-. The smallest absolute Gasteiger partial charge is 0.184 e. The lowest BCUT2D eigenvalue weighted by atomic mass is 10.1. The molecule has 0 aliphatic heterocycles. The van der Waals surface area contributed by atoms with Crippen molar-refractivity contribution in [2.45, 2.75) is 6.92 Å². The van der Waals surface area contributed by atoms with E-state index in [1.165, 1.54) is 0 Å². The van der Waals surface area contributed by atoms with Crippen LogP contribution in [0, 0.1) is 0 Å². The summed E-state index contributed by atoms with van der Waals surface area (Å²) in [4.78, 5) is 7.95. The predicted molar refractivity (Wildman–Crippen MR) is 100 cm³/mol. The van der Waals surface area contributed by atoms with Crippen molar-refractivity contribution in [1.29, 1.82) is 0 Å². The van der Waals surface area contributed by atoms with E-state index >= 15 is 0 Å². The van der Waals surface area contributed by atoms with Gasteiger partial charge in [-0.3, -0.25) is 5.43 Å². The Labute approximate surface area is 144 Å². The Morgan fingerprint density at radius 1 is 1.25 bits per heavy atom. The average molecular weight is 339 g/mol. The van der Waals surface area contributed by atoms with Crippen molar-refractivity contribution >= 4 is 34.1 Å². The second kappa shape index (κ2) is 6.67. The van der Waals surface area contributed by atoms with Crippen LogP contribution in [-0.4, -0.2) is 27.9 Å². The highest BCUT2D eigenvalue weighted by Gasteiger charge is 2.07. The first-order valence-electron chi connectivity index (χ1n) is 7.31. The summed E-state index contributed by atoms with van der Waals surface area (Å²) in [5.41, 5.74) is 12.5. The Morgan fingerprint density at radius 3 is 2.67 bits per heavy atom. The third-order valence-electron chi connectivity index (χ3n) is 3.60. The van der Waals surface area contributed by atoms with Gasteiger partial charge >= 0.3 is 0 Å². The summed E-state index contributed by atoms with van der Waals surface area (Å²) >= 11 is 4.75. The van der Waals surface area contributed by atoms with Crippen LogP contribution in [0.25, 0.3) is 22.4 Å². The van der Waals surface area contributed by atoms with Crippen LogP contribution in [0.4, 0.5) is 0 Å². The SMILES string of the molecule is COc1ccc(-c2nc3ccc(/C(C)=N\NC(N)=S)cc3[nH]2)cc1. The number of aromatic amines is 1. The number of fused-ring (bicyclic) bond motifs is 1. The second-order valence-electron chi connectivity index (χ2n) is 5.22. The van der Waals surface area contributed by atoms with Gasteiger partial charge in [0.1, 0.15) is 11.6 Å². The first kappa shape index (κ1) is 15.9. The maximum absolute atomic E-state index is 5.39. The molecule has 122 valence electrons. The molecule has 4 N–H and O–H groups in total. The van der Waals surface area contributed by atoms with Crippen LogP contribution in [-0.2, 0) is 0 Å². The highest BCUT2D eigenvalue weighted by atomic mass is 32.1. The van der Waals surface area contributed by atoms with Crippen molar-refractivity contribution in [2.75, 3.05) is 7.11 Å². The lowest BCUT2D eigenvalue weighted by molar-refractivity contribution is 0.415. The Morgan fingerprint density at radius 2 is 2.00 bits per heavy atom. The number of methoxy groups -OCH3 is 1. The van der Waals surface area contributed by atoms with Crippen LogP contribution < -0.4 is 15.9 Å². The molecule has 1 heterocycles. The largest absolute Gasteiger partial charge is 0.497 e. The van der Waals surface area contributed by atoms with Gasteiger partial charge in [-0.15, -0.1) is 0 Å². The van der Waals surface area contributed by atoms with Gasteiger partial charge in [0.15, 0.2) is 5.11 Å². The number of H-pyrrole nitrogens is 1. The number of benzene rings is 2. The number of ether oxygens (including phenoxy) is 1. The number of nitrogens with one attached hydrogen (secondary N) is 2. The molecule has 7 heteroatoms. The van der Waals surface area contributed by atoms with Crippen molar-refractivity contribution in [3.63, 3.8) is 0 Å². The Balaban J connectivity index is 1.93. The third-order valence-corrected chi connectivity index (χ3v) is 3.69. The van der Waals surface area contributed by atoms with E-state index in [1.54, 1.807) is 7.11 Å². The summed E-state index contributed by atoms with van der Waals surface area (Å²) < 4.78 is 5.18. The van der Waals surface area contributed by atoms with Crippen LogP contribution in [0.5, 0.6) is 5.75 Å². The van der Waals surface area contributed by atoms with Gasteiger partial charge in [0.25, 0.3) is 0 Å². The molecule has 0 bridgehead atoms. The summed E-state index contributed by atoms with van der Waals surface area (Å²) in [7, 11) is 1.65. The van der Waals surface area contributed by atoms with Crippen LogP contribution >= 0.6 is 12.2 Å². The third kappa shape index (κ3) is 3.36. The molecule has 24 heavy (non-hydrogen) atoms. The van der Waals surface area contributed by atoms with E-state index in [2.05, 4.69) is 20.5 Å². The molecule has 0 saturated heterocycles. The molecule has 0 radical (unpaired) electrons. The fourth-order valence-corrected chi connectivity index (χ4v) is 2.37. The lowest BCUT2D eigenvalue weighted by Gasteiger charge is -2.01. The molecule has 2 aromatic carbocycles. The van der Waals surface area contributed by atoms with Crippen molar-refractivity contribution in [3.8, 4) is 17.1 Å². The lowest BCUT2D eigenvalue weighted by Crippen LogP contribution is -2.25. The normalized spacial score (nSPS) is 11.5. The molecule has 0 aliphatic carbocycles. The summed E-state index contributed by atoms with van der Waals surface area (Å²) in [6, 6.07) is 13.7.